The van der Waals surface area contributed by atoms with E-state index < -0.39 is 11.3 Å². The Morgan fingerprint density at radius 2 is 1.21 bits per heavy atom. The highest BCUT2D eigenvalue weighted by Gasteiger charge is 2.28. The van der Waals surface area contributed by atoms with Crippen LogP contribution in [0.4, 0.5) is 0 Å². The number of unbranched alkanes of at least 4 members (excludes halogenated alkanes) is 8. The molecule has 0 fully saturated rings. The molecule has 2 unspecified atom stereocenters. The quantitative estimate of drug-likeness (QED) is 0.0747. The monoisotopic (exact) mass is 534 g/mol. The van der Waals surface area contributed by atoms with E-state index in [4.69, 9.17) is 21.1 Å². The van der Waals surface area contributed by atoms with E-state index in [0.717, 1.165) is 41.9 Å². The molecule has 2 atom stereocenters. The van der Waals surface area contributed by atoms with Gasteiger partial charge in [0.25, 0.3) is 0 Å². The zero-order chi connectivity index (χ0) is 27.0. The number of ether oxygens (including phenoxy) is 2. The van der Waals surface area contributed by atoms with Crippen LogP contribution in [0.25, 0.3) is 11.1 Å². The first-order valence-corrected chi connectivity index (χ1v) is 14.8. The molecule has 0 saturated heterocycles. The first-order chi connectivity index (χ1) is 18.6. The number of rotatable bonds is 17. The average molecular weight is 535 g/mol. The number of benzene rings is 3. The van der Waals surface area contributed by atoms with E-state index in [9.17, 15) is 4.79 Å². The van der Waals surface area contributed by atoms with Crippen LogP contribution in [0.3, 0.4) is 0 Å². The van der Waals surface area contributed by atoms with Crippen molar-refractivity contribution < 1.29 is 14.3 Å². The summed E-state index contributed by atoms with van der Waals surface area (Å²) in [6.45, 7) is 5.06. The van der Waals surface area contributed by atoms with Crippen molar-refractivity contribution in [3.8, 4) is 22.6 Å². The van der Waals surface area contributed by atoms with Gasteiger partial charge < -0.3 is 9.47 Å². The summed E-state index contributed by atoms with van der Waals surface area (Å²) in [5, 5.41) is -0.745. The lowest BCUT2D eigenvalue weighted by molar-refractivity contribution is -0.134. The van der Waals surface area contributed by atoms with Gasteiger partial charge in [0.15, 0.2) is 0 Å². The predicted molar refractivity (Wildman–Crippen MR) is 159 cm³/mol. The van der Waals surface area contributed by atoms with Crippen LogP contribution in [0.5, 0.6) is 11.5 Å². The topological polar surface area (TPSA) is 35.5 Å². The molecule has 0 amide bonds. The summed E-state index contributed by atoms with van der Waals surface area (Å²) < 4.78 is 11.5. The minimum absolute atomic E-state index is 0.0920. The maximum atomic E-state index is 12.7. The molecule has 0 radical (unpaired) electrons. The summed E-state index contributed by atoms with van der Waals surface area (Å²) in [6.07, 6.45) is 12.6. The third-order valence-electron chi connectivity index (χ3n) is 7.02. The fourth-order valence-electron chi connectivity index (χ4n) is 4.71. The Hall–Kier alpha value is -2.78. The highest BCUT2D eigenvalue weighted by molar-refractivity contribution is 6.30. The van der Waals surface area contributed by atoms with E-state index in [-0.39, 0.29) is 5.92 Å². The van der Waals surface area contributed by atoms with Crippen LogP contribution in [0.15, 0.2) is 78.9 Å². The summed E-state index contributed by atoms with van der Waals surface area (Å²) in [7, 11) is 0. The number of hydrogen-bond acceptors (Lipinski definition) is 3. The third-order valence-corrected chi connectivity index (χ3v) is 7.51. The number of alkyl halides is 1. The van der Waals surface area contributed by atoms with Gasteiger partial charge in [-0.05, 0) is 53.8 Å². The number of carbonyl (C=O) groups is 1. The van der Waals surface area contributed by atoms with Gasteiger partial charge in [-0.2, -0.15) is 0 Å². The third kappa shape index (κ3) is 9.83. The first-order valence-electron chi connectivity index (χ1n) is 14.4. The Morgan fingerprint density at radius 3 is 1.76 bits per heavy atom. The van der Waals surface area contributed by atoms with Crippen LogP contribution in [-0.4, -0.2) is 18.0 Å². The molecule has 0 bridgehead atoms. The van der Waals surface area contributed by atoms with Crippen LogP contribution in [0, 0.1) is 0 Å². The summed E-state index contributed by atoms with van der Waals surface area (Å²) in [6, 6.07) is 25.6. The molecule has 3 nitrogen and oxygen atoms in total. The lowest BCUT2D eigenvalue weighted by atomic mass is 9.93. The average Bonchev–Trinajstić information content (AvgIpc) is 2.96. The second-order valence-electron chi connectivity index (χ2n) is 9.97. The van der Waals surface area contributed by atoms with E-state index in [2.05, 4.69) is 19.1 Å². The minimum atomic E-state index is -0.745. The molecule has 0 spiro atoms. The fraction of sp³-hybridized carbons (Fsp3) is 0.441. The van der Waals surface area contributed by atoms with Crippen LogP contribution < -0.4 is 9.47 Å². The van der Waals surface area contributed by atoms with Crippen molar-refractivity contribution in [1.82, 2.24) is 0 Å². The van der Waals surface area contributed by atoms with Gasteiger partial charge in [-0.3, -0.25) is 4.79 Å². The molecule has 0 aliphatic heterocycles. The normalized spacial score (nSPS) is 12.6. The molecular formula is C34H43ClO3. The molecule has 4 heteroatoms. The molecule has 3 rings (SSSR count). The summed E-state index contributed by atoms with van der Waals surface area (Å²) >= 11 is 6.53. The first kappa shape index (κ1) is 29.8. The Bertz CT molecular complexity index is 1050. The highest BCUT2D eigenvalue weighted by atomic mass is 35.5. The standard InChI is InChI=1S/C34H43ClO3/c1-3-5-6-7-8-9-10-11-15-26-37-30-22-18-27(19-23-30)28-20-24-31(25-21-28)38-34(36)33(35)32(4-2)29-16-13-12-14-17-29/h12-14,16-25,32-33H,3-11,15,26H2,1-2H3. The van der Waals surface area contributed by atoms with E-state index >= 15 is 0 Å². The van der Waals surface area contributed by atoms with Crippen molar-refractivity contribution in [2.75, 3.05) is 6.61 Å². The summed E-state index contributed by atoms with van der Waals surface area (Å²) in [4.78, 5) is 12.7. The Balaban J connectivity index is 1.41. The molecule has 38 heavy (non-hydrogen) atoms. The van der Waals surface area contributed by atoms with E-state index in [1.807, 2.05) is 73.7 Å². The van der Waals surface area contributed by atoms with E-state index in [1.54, 1.807) is 0 Å². The largest absolute Gasteiger partial charge is 0.494 e. The van der Waals surface area contributed by atoms with E-state index in [0.29, 0.717) is 5.75 Å². The molecule has 0 aromatic heterocycles. The Kier molecular flexibility index (Phi) is 13.3. The molecule has 204 valence electrons. The molecule has 0 N–H and O–H groups in total. The molecular weight excluding hydrogens is 492 g/mol. The van der Waals surface area contributed by atoms with Gasteiger partial charge in [-0.15, -0.1) is 11.6 Å². The Morgan fingerprint density at radius 1 is 0.684 bits per heavy atom. The van der Waals surface area contributed by atoms with Crippen molar-refractivity contribution in [2.45, 2.75) is 89.4 Å². The van der Waals surface area contributed by atoms with Gasteiger partial charge in [0, 0.05) is 5.92 Å². The van der Waals surface area contributed by atoms with Crippen LogP contribution >= 0.6 is 11.6 Å². The summed E-state index contributed by atoms with van der Waals surface area (Å²) in [5.74, 6) is 0.874. The number of halogens is 1. The molecule has 3 aromatic carbocycles. The molecule has 0 saturated carbocycles. The van der Waals surface area contributed by atoms with Crippen LogP contribution in [0.1, 0.15) is 89.5 Å². The van der Waals surface area contributed by atoms with Gasteiger partial charge in [0.05, 0.1) is 6.61 Å². The van der Waals surface area contributed by atoms with Crippen molar-refractivity contribution in [3.63, 3.8) is 0 Å². The lowest BCUT2D eigenvalue weighted by Crippen LogP contribution is -2.27. The van der Waals surface area contributed by atoms with Crippen molar-refractivity contribution in [1.29, 1.82) is 0 Å². The molecule has 0 heterocycles. The van der Waals surface area contributed by atoms with Crippen molar-refractivity contribution in [3.05, 3.63) is 84.4 Å². The van der Waals surface area contributed by atoms with Gasteiger partial charge in [0.1, 0.15) is 16.9 Å². The van der Waals surface area contributed by atoms with Crippen molar-refractivity contribution >= 4 is 17.6 Å². The van der Waals surface area contributed by atoms with Crippen LogP contribution in [0.2, 0.25) is 0 Å². The zero-order valence-corrected chi connectivity index (χ0v) is 23.8. The number of esters is 1. The lowest BCUT2D eigenvalue weighted by Gasteiger charge is -2.20. The van der Waals surface area contributed by atoms with Gasteiger partial charge in [0.2, 0.25) is 0 Å². The maximum absolute atomic E-state index is 12.7. The SMILES string of the molecule is CCCCCCCCCCCOc1ccc(-c2ccc(OC(=O)C(Cl)C(CC)c3ccccc3)cc2)cc1. The summed E-state index contributed by atoms with van der Waals surface area (Å²) in [5.41, 5.74) is 3.18. The predicted octanol–water partition coefficient (Wildman–Crippen LogP) is 9.97. The zero-order valence-electron chi connectivity index (χ0n) is 23.0. The maximum Gasteiger partial charge on any atom is 0.330 e. The highest BCUT2D eigenvalue weighted by Crippen LogP contribution is 2.29. The second kappa shape index (κ2) is 16.9. The van der Waals surface area contributed by atoms with Crippen molar-refractivity contribution in [2.24, 2.45) is 0 Å². The van der Waals surface area contributed by atoms with Crippen LogP contribution in [-0.2, 0) is 4.79 Å². The van der Waals surface area contributed by atoms with Gasteiger partial charge in [-0.1, -0.05) is 120 Å². The Labute approximate surface area is 234 Å². The van der Waals surface area contributed by atoms with Gasteiger partial charge in [-0.25, -0.2) is 0 Å². The number of carbonyl (C=O) groups excluding carboxylic acids is 1. The fourth-order valence-corrected chi connectivity index (χ4v) is 5.08. The molecule has 3 aromatic rings. The number of hydrogen-bond donors (Lipinski definition) is 0. The minimum Gasteiger partial charge on any atom is -0.494 e. The smallest absolute Gasteiger partial charge is 0.330 e. The molecule has 0 aliphatic rings. The second-order valence-corrected chi connectivity index (χ2v) is 10.4. The van der Waals surface area contributed by atoms with E-state index in [1.165, 1.54) is 51.4 Å². The van der Waals surface area contributed by atoms with Gasteiger partial charge >= 0.3 is 5.97 Å². The molecule has 0 aliphatic carbocycles.